The van der Waals surface area contributed by atoms with E-state index in [1.54, 1.807) is 13.2 Å². The molecule has 1 N–H and O–H groups in total. The van der Waals surface area contributed by atoms with Crippen LogP contribution in [0.5, 0.6) is 11.5 Å². The van der Waals surface area contributed by atoms with Crippen LogP contribution in [0.2, 0.25) is 0 Å². The molecular formula is C30H31N5O3S. The number of carbonyl (C=O) groups excluding carboxylic acids is 1. The van der Waals surface area contributed by atoms with Crippen LogP contribution >= 0.6 is 11.8 Å². The highest BCUT2D eigenvalue weighted by Gasteiger charge is 2.38. The number of hydrogen-bond donors (Lipinski definition) is 1. The number of methoxy groups -OCH3 is 1. The molecule has 0 bridgehead atoms. The van der Waals surface area contributed by atoms with E-state index >= 15 is 0 Å². The topological polar surface area (TPSA) is 92.3 Å². The molecule has 3 heterocycles. The summed E-state index contributed by atoms with van der Waals surface area (Å²) in [6.45, 7) is 3.09. The number of hydrogen-bond acceptors (Lipinski definition) is 6. The van der Waals surface area contributed by atoms with Crippen molar-refractivity contribution in [1.29, 1.82) is 5.41 Å². The van der Waals surface area contributed by atoms with Crippen molar-refractivity contribution in [2.45, 2.75) is 45.6 Å². The SMILES string of the molecule is COc1ccccc1OCCn1c(C)c(/C=C2/C(=N)N3N=C(C4CCCCC4)SC3=NC2=O)c2ccccc21. The molecule has 0 spiro atoms. The van der Waals surface area contributed by atoms with E-state index in [0.29, 0.717) is 35.7 Å². The van der Waals surface area contributed by atoms with Crippen LogP contribution in [0.25, 0.3) is 17.0 Å². The number of hydrazone groups is 1. The van der Waals surface area contributed by atoms with Gasteiger partial charge in [0.25, 0.3) is 5.91 Å². The molecule has 8 nitrogen and oxygen atoms in total. The first kappa shape index (κ1) is 25.4. The lowest BCUT2D eigenvalue weighted by molar-refractivity contribution is -0.114. The molecule has 1 aliphatic carbocycles. The monoisotopic (exact) mass is 541 g/mol. The molecule has 1 aromatic heterocycles. The summed E-state index contributed by atoms with van der Waals surface area (Å²) in [5.41, 5.74) is 3.19. The fourth-order valence-corrected chi connectivity index (χ4v) is 6.64. The lowest BCUT2D eigenvalue weighted by Gasteiger charge is -2.20. The maximum absolute atomic E-state index is 13.2. The van der Waals surface area contributed by atoms with Crippen LogP contribution in [0.3, 0.4) is 0 Å². The van der Waals surface area contributed by atoms with Gasteiger partial charge in [0.15, 0.2) is 17.3 Å². The van der Waals surface area contributed by atoms with Crippen molar-refractivity contribution in [3.05, 3.63) is 65.4 Å². The first-order valence-corrected chi connectivity index (χ1v) is 14.2. The Balaban J connectivity index is 1.29. The summed E-state index contributed by atoms with van der Waals surface area (Å²) in [6, 6.07) is 15.7. The molecule has 0 radical (unpaired) electrons. The van der Waals surface area contributed by atoms with Gasteiger partial charge in [-0.1, -0.05) is 49.6 Å². The standard InChI is InChI=1S/C30H31N5O3S/c1-19-22(18-23-27(31)35-30(32-28(23)36)39-29(33-35)20-10-4-3-5-11-20)21-12-6-7-13-24(21)34(19)16-17-38-26-15-9-8-14-25(26)37-2/h6-9,12-15,18,20,31H,3-5,10-11,16-17H2,1-2H3/b23-18-,31-27?. The quantitative estimate of drug-likeness (QED) is 0.358. The summed E-state index contributed by atoms with van der Waals surface area (Å²) in [7, 11) is 1.63. The number of rotatable bonds is 7. The molecule has 2 aliphatic heterocycles. The summed E-state index contributed by atoms with van der Waals surface area (Å²) in [6.07, 6.45) is 7.68. The minimum Gasteiger partial charge on any atom is -0.493 e. The molecular weight excluding hydrogens is 510 g/mol. The van der Waals surface area contributed by atoms with Crippen molar-refractivity contribution in [3.63, 3.8) is 0 Å². The average molecular weight is 542 g/mol. The molecule has 0 saturated heterocycles. The largest absolute Gasteiger partial charge is 0.493 e. The van der Waals surface area contributed by atoms with Crippen LogP contribution in [0.15, 0.2) is 64.2 Å². The van der Waals surface area contributed by atoms with Gasteiger partial charge >= 0.3 is 0 Å². The number of nitrogens with one attached hydrogen (secondary N) is 1. The zero-order valence-electron chi connectivity index (χ0n) is 22.1. The molecule has 0 unspecified atom stereocenters. The molecule has 3 aromatic rings. The van der Waals surface area contributed by atoms with E-state index in [0.717, 1.165) is 40.0 Å². The Kier molecular flexibility index (Phi) is 6.99. The lowest BCUT2D eigenvalue weighted by Crippen LogP contribution is -2.35. The van der Waals surface area contributed by atoms with Crippen molar-refractivity contribution in [2.24, 2.45) is 16.0 Å². The van der Waals surface area contributed by atoms with Crippen LogP contribution in [-0.2, 0) is 11.3 Å². The van der Waals surface area contributed by atoms with Gasteiger partial charge in [0.05, 0.1) is 19.2 Å². The zero-order chi connectivity index (χ0) is 26.9. The lowest BCUT2D eigenvalue weighted by atomic mass is 9.90. The van der Waals surface area contributed by atoms with Gasteiger partial charge in [-0.3, -0.25) is 10.2 Å². The number of amidine groups is 2. The highest BCUT2D eigenvalue weighted by Crippen LogP contribution is 2.37. The van der Waals surface area contributed by atoms with Crippen LogP contribution < -0.4 is 9.47 Å². The second-order valence-corrected chi connectivity index (χ2v) is 10.9. The average Bonchev–Trinajstić information content (AvgIpc) is 3.51. The molecule has 0 atom stereocenters. The van der Waals surface area contributed by atoms with E-state index in [2.05, 4.69) is 15.6 Å². The number of aromatic nitrogens is 1. The number of carbonyl (C=O) groups is 1. The van der Waals surface area contributed by atoms with E-state index < -0.39 is 5.91 Å². The molecule has 1 amide bonds. The number of thioether (sulfide) groups is 1. The maximum atomic E-state index is 13.2. The third-order valence-corrected chi connectivity index (χ3v) is 8.71. The van der Waals surface area contributed by atoms with E-state index in [9.17, 15) is 4.79 Å². The highest BCUT2D eigenvalue weighted by molar-refractivity contribution is 8.27. The molecule has 9 heteroatoms. The molecule has 1 fully saturated rings. The number of amides is 1. The van der Waals surface area contributed by atoms with E-state index in [4.69, 9.17) is 20.0 Å². The second-order valence-electron chi connectivity index (χ2n) is 9.96. The van der Waals surface area contributed by atoms with Gasteiger partial charge in [0, 0.05) is 28.1 Å². The number of para-hydroxylation sites is 3. The predicted molar refractivity (Wildman–Crippen MR) is 157 cm³/mol. The molecule has 3 aliphatic rings. The number of benzene rings is 2. The normalized spacial score (nSPS) is 18.9. The number of ether oxygens (including phenoxy) is 2. The van der Waals surface area contributed by atoms with Gasteiger partial charge in [0.2, 0.25) is 5.17 Å². The summed E-state index contributed by atoms with van der Waals surface area (Å²) < 4.78 is 13.6. The summed E-state index contributed by atoms with van der Waals surface area (Å²) >= 11 is 1.45. The molecule has 2 aromatic carbocycles. The molecule has 39 heavy (non-hydrogen) atoms. The number of nitrogens with zero attached hydrogens (tertiary/aromatic N) is 4. The third-order valence-electron chi connectivity index (χ3n) is 7.63. The Hall–Kier alpha value is -3.85. The van der Waals surface area contributed by atoms with Gasteiger partial charge in [-0.2, -0.15) is 15.1 Å². The van der Waals surface area contributed by atoms with Crippen molar-refractivity contribution in [2.75, 3.05) is 13.7 Å². The first-order valence-electron chi connectivity index (χ1n) is 13.4. The summed E-state index contributed by atoms with van der Waals surface area (Å²) in [4.78, 5) is 17.5. The third kappa shape index (κ3) is 4.76. The number of fused-ring (bicyclic) bond motifs is 2. The van der Waals surface area contributed by atoms with Crippen molar-refractivity contribution < 1.29 is 14.3 Å². The first-order chi connectivity index (χ1) is 19.0. The Morgan fingerprint density at radius 2 is 1.82 bits per heavy atom. The van der Waals surface area contributed by atoms with Gasteiger partial charge in [-0.25, -0.2) is 0 Å². The van der Waals surface area contributed by atoms with E-state index in [-0.39, 0.29) is 11.4 Å². The zero-order valence-corrected chi connectivity index (χ0v) is 23.0. The van der Waals surface area contributed by atoms with Crippen LogP contribution in [-0.4, -0.2) is 45.2 Å². The summed E-state index contributed by atoms with van der Waals surface area (Å²) in [5, 5.41) is 17.7. The smallest absolute Gasteiger partial charge is 0.283 e. The predicted octanol–water partition coefficient (Wildman–Crippen LogP) is 6.24. The van der Waals surface area contributed by atoms with Gasteiger partial charge in [-0.05, 0) is 55.8 Å². The minimum absolute atomic E-state index is 0.0825. The Labute approximate surface area is 231 Å². The van der Waals surface area contributed by atoms with Gasteiger partial charge in [0.1, 0.15) is 11.7 Å². The van der Waals surface area contributed by atoms with Crippen LogP contribution in [0.4, 0.5) is 0 Å². The second kappa shape index (κ2) is 10.7. The molecule has 200 valence electrons. The van der Waals surface area contributed by atoms with E-state index in [1.807, 2.05) is 49.4 Å². The fourth-order valence-electron chi connectivity index (χ4n) is 5.58. The Morgan fingerprint density at radius 3 is 2.62 bits per heavy atom. The van der Waals surface area contributed by atoms with Crippen molar-refractivity contribution in [3.8, 4) is 11.5 Å². The maximum Gasteiger partial charge on any atom is 0.283 e. The van der Waals surface area contributed by atoms with Crippen molar-refractivity contribution >= 4 is 50.7 Å². The minimum atomic E-state index is -0.394. The van der Waals surface area contributed by atoms with E-state index in [1.165, 1.54) is 36.0 Å². The van der Waals surface area contributed by atoms with Crippen molar-refractivity contribution in [1.82, 2.24) is 9.58 Å². The van der Waals surface area contributed by atoms with Crippen LogP contribution in [0, 0.1) is 18.3 Å². The Bertz CT molecular complexity index is 1550. The molecule has 1 saturated carbocycles. The number of aliphatic imine (C=N–C) groups is 1. The van der Waals surface area contributed by atoms with Gasteiger partial charge in [-0.15, -0.1) is 0 Å². The Morgan fingerprint density at radius 1 is 1.08 bits per heavy atom. The van der Waals surface area contributed by atoms with Gasteiger partial charge < -0.3 is 14.0 Å². The fraction of sp³-hybridized carbons (Fsp3) is 0.333. The summed E-state index contributed by atoms with van der Waals surface area (Å²) in [5.74, 6) is 1.47. The highest BCUT2D eigenvalue weighted by atomic mass is 32.2. The molecule has 6 rings (SSSR count). The van der Waals surface area contributed by atoms with Crippen LogP contribution in [0.1, 0.15) is 43.4 Å².